The van der Waals surface area contributed by atoms with Gasteiger partial charge in [0.2, 0.25) is 0 Å². The topological polar surface area (TPSA) is 67.9 Å². The van der Waals surface area contributed by atoms with Crippen molar-refractivity contribution >= 4 is 62.0 Å². The number of methoxy groups -OCH3 is 1. The van der Waals surface area contributed by atoms with Crippen LogP contribution in [-0.2, 0) is 11.4 Å². The molecule has 180 valence electrons. The molecule has 1 aliphatic rings. The van der Waals surface area contributed by atoms with Gasteiger partial charge in [-0.05, 0) is 74.2 Å². The molecule has 0 spiro atoms. The van der Waals surface area contributed by atoms with E-state index in [1.54, 1.807) is 49.6 Å². The molecule has 0 aromatic heterocycles. The number of benzene rings is 4. The van der Waals surface area contributed by atoms with Crippen LogP contribution in [0.2, 0.25) is 5.02 Å². The zero-order valence-corrected chi connectivity index (χ0v) is 21.5. The van der Waals surface area contributed by atoms with Crippen molar-refractivity contribution in [3.05, 3.63) is 105 Å². The Labute approximate surface area is 221 Å². The van der Waals surface area contributed by atoms with E-state index in [9.17, 15) is 9.59 Å². The molecule has 4 aromatic rings. The number of ether oxygens (including phenoxy) is 2. The first kappa shape index (κ1) is 23.9. The minimum Gasteiger partial charge on any atom is -0.493 e. The quantitative estimate of drug-likeness (QED) is 0.204. The van der Waals surface area contributed by atoms with Gasteiger partial charge in [-0.3, -0.25) is 4.79 Å². The van der Waals surface area contributed by atoms with Crippen molar-refractivity contribution in [2.45, 2.75) is 6.61 Å². The third-order valence-electron chi connectivity index (χ3n) is 5.76. The minimum atomic E-state index is -0.547. The van der Waals surface area contributed by atoms with Crippen molar-refractivity contribution < 1.29 is 19.1 Å². The van der Waals surface area contributed by atoms with Gasteiger partial charge >= 0.3 is 6.03 Å². The van der Waals surface area contributed by atoms with Crippen molar-refractivity contribution in [1.29, 1.82) is 0 Å². The highest BCUT2D eigenvalue weighted by Crippen LogP contribution is 2.38. The molecule has 0 aliphatic carbocycles. The number of urea groups is 1. The van der Waals surface area contributed by atoms with E-state index in [0.717, 1.165) is 21.2 Å². The Morgan fingerprint density at radius 3 is 2.58 bits per heavy atom. The lowest BCUT2D eigenvalue weighted by Gasteiger charge is -2.15. The van der Waals surface area contributed by atoms with Crippen LogP contribution in [0.5, 0.6) is 11.5 Å². The molecule has 1 heterocycles. The molecule has 0 radical (unpaired) electrons. The molecule has 0 unspecified atom stereocenters. The van der Waals surface area contributed by atoms with Crippen molar-refractivity contribution in [3.63, 3.8) is 0 Å². The highest BCUT2D eigenvalue weighted by molar-refractivity contribution is 9.10. The number of anilines is 1. The van der Waals surface area contributed by atoms with Crippen LogP contribution in [0.25, 0.3) is 16.8 Å². The summed E-state index contributed by atoms with van der Waals surface area (Å²) >= 11 is 9.59. The van der Waals surface area contributed by atoms with Gasteiger partial charge in [0.15, 0.2) is 11.5 Å². The number of hydrogen-bond donors (Lipinski definition) is 1. The highest BCUT2D eigenvalue weighted by atomic mass is 79.9. The fraction of sp³-hybridized carbons (Fsp3) is 0.0714. The van der Waals surface area contributed by atoms with Gasteiger partial charge in [-0.15, -0.1) is 0 Å². The molecule has 0 atom stereocenters. The number of halogens is 2. The molecule has 1 aliphatic heterocycles. The number of fused-ring (bicyclic) bond motifs is 1. The van der Waals surface area contributed by atoms with Gasteiger partial charge in [0.25, 0.3) is 5.91 Å². The Kier molecular flexibility index (Phi) is 6.67. The van der Waals surface area contributed by atoms with E-state index in [1.165, 1.54) is 0 Å². The lowest BCUT2D eigenvalue weighted by Crippen LogP contribution is -2.30. The summed E-state index contributed by atoms with van der Waals surface area (Å²) in [7, 11) is 1.55. The number of imide groups is 1. The molecule has 3 amide bonds. The zero-order chi connectivity index (χ0) is 25.2. The lowest BCUT2D eigenvalue weighted by atomic mass is 10.1. The predicted octanol–water partition coefficient (Wildman–Crippen LogP) is 6.94. The summed E-state index contributed by atoms with van der Waals surface area (Å²) in [6.07, 6.45) is 1.59. The highest BCUT2D eigenvalue weighted by Gasteiger charge is 2.35. The van der Waals surface area contributed by atoms with Crippen LogP contribution in [0.3, 0.4) is 0 Å². The summed E-state index contributed by atoms with van der Waals surface area (Å²) in [5.41, 5.74) is 2.23. The van der Waals surface area contributed by atoms with E-state index in [0.29, 0.717) is 38.9 Å². The minimum absolute atomic E-state index is 0.137. The number of hydrogen-bond acceptors (Lipinski definition) is 4. The number of nitrogens with zero attached hydrogens (tertiary/aromatic N) is 1. The van der Waals surface area contributed by atoms with Crippen LogP contribution in [0.1, 0.15) is 11.1 Å². The van der Waals surface area contributed by atoms with E-state index in [4.69, 9.17) is 21.1 Å². The smallest absolute Gasteiger partial charge is 0.333 e. The summed E-state index contributed by atoms with van der Waals surface area (Å²) < 4.78 is 12.4. The van der Waals surface area contributed by atoms with E-state index in [1.807, 2.05) is 24.3 Å². The number of rotatable bonds is 6. The van der Waals surface area contributed by atoms with E-state index in [-0.39, 0.29) is 5.70 Å². The van der Waals surface area contributed by atoms with Crippen molar-refractivity contribution in [2.75, 3.05) is 12.0 Å². The van der Waals surface area contributed by atoms with Crippen LogP contribution in [0.4, 0.5) is 10.5 Å². The number of carbonyl (C=O) groups is 2. The molecule has 36 heavy (non-hydrogen) atoms. The Bertz CT molecular complexity index is 1530. The lowest BCUT2D eigenvalue weighted by molar-refractivity contribution is -0.113. The summed E-state index contributed by atoms with van der Waals surface area (Å²) in [6.45, 7) is 0.347. The Morgan fingerprint density at radius 2 is 1.78 bits per heavy atom. The van der Waals surface area contributed by atoms with Crippen LogP contribution in [0.15, 0.2) is 89.0 Å². The SMILES string of the molecule is COc1cc(/C=C2\NC(=O)N(c3cccc(Cl)c3)C2=O)cc(Br)c1OCc1cccc2ccccc12. The first-order valence-corrected chi connectivity index (χ1v) is 12.2. The van der Waals surface area contributed by atoms with Crippen molar-refractivity contribution in [3.8, 4) is 11.5 Å². The predicted molar refractivity (Wildman–Crippen MR) is 144 cm³/mol. The molecule has 1 saturated heterocycles. The van der Waals surface area contributed by atoms with Gasteiger partial charge < -0.3 is 14.8 Å². The second-order valence-electron chi connectivity index (χ2n) is 8.07. The molecule has 4 aromatic carbocycles. The first-order chi connectivity index (χ1) is 17.4. The van der Waals surface area contributed by atoms with Crippen LogP contribution in [0, 0.1) is 0 Å². The molecule has 8 heteroatoms. The molecular formula is C28H20BrClN2O4. The van der Waals surface area contributed by atoms with Gasteiger partial charge in [-0.1, -0.05) is 60.1 Å². The number of nitrogens with one attached hydrogen (secondary N) is 1. The monoisotopic (exact) mass is 562 g/mol. The summed E-state index contributed by atoms with van der Waals surface area (Å²) in [5.74, 6) is 0.545. The summed E-state index contributed by atoms with van der Waals surface area (Å²) in [5, 5.41) is 5.31. The first-order valence-electron chi connectivity index (χ1n) is 11.0. The molecule has 0 bridgehead atoms. The van der Waals surface area contributed by atoms with Gasteiger partial charge in [-0.25, -0.2) is 9.69 Å². The Balaban J connectivity index is 1.41. The summed E-state index contributed by atoms with van der Waals surface area (Å²) in [4.78, 5) is 26.5. The molecule has 1 fully saturated rings. The van der Waals surface area contributed by atoms with Crippen molar-refractivity contribution in [2.24, 2.45) is 0 Å². The van der Waals surface area contributed by atoms with E-state index < -0.39 is 11.9 Å². The Morgan fingerprint density at radius 1 is 1.00 bits per heavy atom. The normalized spacial score (nSPS) is 14.4. The van der Waals surface area contributed by atoms with E-state index >= 15 is 0 Å². The van der Waals surface area contributed by atoms with Crippen LogP contribution >= 0.6 is 27.5 Å². The fourth-order valence-electron chi connectivity index (χ4n) is 4.08. The number of amides is 3. The van der Waals surface area contributed by atoms with Crippen molar-refractivity contribution in [1.82, 2.24) is 5.32 Å². The fourth-order valence-corrected chi connectivity index (χ4v) is 4.84. The van der Waals surface area contributed by atoms with Gasteiger partial charge in [0.1, 0.15) is 12.3 Å². The number of carbonyl (C=O) groups excluding carboxylic acids is 2. The average Bonchev–Trinajstić information content (AvgIpc) is 3.15. The maximum Gasteiger partial charge on any atom is 0.333 e. The Hall–Kier alpha value is -3.81. The summed E-state index contributed by atoms with van der Waals surface area (Å²) in [6, 6.07) is 23.8. The maximum absolute atomic E-state index is 13.0. The zero-order valence-electron chi connectivity index (χ0n) is 19.1. The third-order valence-corrected chi connectivity index (χ3v) is 6.58. The molecule has 5 rings (SSSR count). The average molecular weight is 564 g/mol. The second-order valence-corrected chi connectivity index (χ2v) is 9.36. The van der Waals surface area contributed by atoms with Gasteiger partial charge in [0, 0.05) is 5.02 Å². The van der Waals surface area contributed by atoms with E-state index in [2.05, 4.69) is 39.4 Å². The molecule has 6 nitrogen and oxygen atoms in total. The maximum atomic E-state index is 13.0. The standard InChI is InChI=1S/C28H20BrClN2O4/c1-35-25-14-17(13-24-27(33)32(28(34)31-24)21-10-5-9-20(30)15-21)12-23(29)26(25)36-16-19-8-4-7-18-6-2-3-11-22(18)19/h2-15H,16H2,1H3,(H,31,34)/b24-13-. The third kappa shape index (κ3) is 4.67. The molecular weight excluding hydrogens is 544 g/mol. The van der Waals surface area contributed by atoms with Crippen LogP contribution < -0.4 is 19.7 Å². The molecule has 1 N–H and O–H groups in total. The van der Waals surface area contributed by atoms with Crippen LogP contribution in [-0.4, -0.2) is 19.0 Å². The largest absolute Gasteiger partial charge is 0.493 e. The molecule has 0 saturated carbocycles. The second kappa shape index (κ2) is 10.0. The van der Waals surface area contributed by atoms with Gasteiger partial charge in [0.05, 0.1) is 17.3 Å². The van der Waals surface area contributed by atoms with Gasteiger partial charge in [-0.2, -0.15) is 0 Å².